The van der Waals surface area contributed by atoms with Crippen LogP contribution >= 0.6 is 0 Å². The number of likely N-dealkylation sites (tertiary alicyclic amines) is 1. The van der Waals surface area contributed by atoms with Crippen LogP contribution in [0.3, 0.4) is 0 Å². The highest BCUT2D eigenvalue weighted by Gasteiger charge is 2.14. The first-order valence-electron chi connectivity index (χ1n) is 4.55. The van der Waals surface area contributed by atoms with E-state index in [4.69, 9.17) is 0 Å². The van der Waals surface area contributed by atoms with Crippen molar-refractivity contribution in [3.05, 3.63) is 0 Å². The molecule has 0 aliphatic carbocycles. The molecular formula is C9H22N2. The smallest absolute Gasteiger partial charge is 0.000702 e. The highest BCUT2D eigenvalue weighted by atomic mass is 15.1. The zero-order valence-electron chi connectivity index (χ0n) is 7.97. The monoisotopic (exact) mass is 158 g/mol. The predicted molar refractivity (Wildman–Crippen MR) is 50.2 cm³/mol. The first-order chi connectivity index (χ1) is 4.83. The molecule has 0 bridgehead atoms. The van der Waals surface area contributed by atoms with Crippen LogP contribution < -0.4 is 6.15 Å². The quantitative estimate of drug-likeness (QED) is 0.669. The van der Waals surface area contributed by atoms with Gasteiger partial charge in [0, 0.05) is 6.54 Å². The summed E-state index contributed by atoms with van der Waals surface area (Å²) in [4.78, 5) is 2.59. The normalized spacial score (nSPS) is 26.2. The third kappa shape index (κ3) is 3.73. The molecule has 1 aliphatic heterocycles. The Hall–Kier alpha value is -0.0800. The van der Waals surface area contributed by atoms with Crippen LogP contribution in [0.1, 0.15) is 33.1 Å². The molecular weight excluding hydrogens is 136 g/mol. The fourth-order valence-corrected chi connectivity index (χ4v) is 1.81. The van der Waals surface area contributed by atoms with Gasteiger partial charge in [-0.25, -0.2) is 0 Å². The van der Waals surface area contributed by atoms with Crippen LogP contribution in [0.4, 0.5) is 0 Å². The number of rotatable bonds is 2. The molecule has 0 amide bonds. The zero-order chi connectivity index (χ0) is 7.40. The molecule has 0 aromatic heterocycles. The Morgan fingerprint density at radius 3 is 2.73 bits per heavy atom. The lowest BCUT2D eigenvalue weighted by Gasteiger charge is -2.30. The molecule has 1 unspecified atom stereocenters. The van der Waals surface area contributed by atoms with Crippen LogP contribution in [-0.2, 0) is 0 Å². The zero-order valence-corrected chi connectivity index (χ0v) is 7.97. The first kappa shape index (κ1) is 10.9. The van der Waals surface area contributed by atoms with Crippen LogP contribution in [0.5, 0.6) is 0 Å². The average molecular weight is 158 g/mol. The van der Waals surface area contributed by atoms with Crippen LogP contribution in [0, 0.1) is 5.92 Å². The van der Waals surface area contributed by atoms with Crippen molar-refractivity contribution in [3.8, 4) is 0 Å². The van der Waals surface area contributed by atoms with Crippen molar-refractivity contribution in [3.63, 3.8) is 0 Å². The summed E-state index contributed by atoms with van der Waals surface area (Å²) in [5.74, 6) is 0.945. The van der Waals surface area contributed by atoms with Gasteiger partial charge in [-0.2, -0.15) is 0 Å². The highest BCUT2D eigenvalue weighted by molar-refractivity contribution is 4.68. The fourth-order valence-electron chi connectivity index (χ4n) is 1.81. The molecule has 0 aromatic carbocycles. The average Bonchev–Trinajstić information content (AvgIpc) is 1.88. The third-order valence-electron chi connectivity index (χ3n) is 2.28. The van der Waals surface area contributed by atoms with Gasteiger partial charge in [0.2, 0.25) is 0 Å². The van der Waals surface area contributed by atoms with Crippen molar-refractivity contribution in [2.45, 2.75) is 33.1 Å². The van der Waals surface area contributed by atoms with E-state index in [1.807, 2.05) is 0 Å². The molecule has 0 radical (unpaired) electrons. The third-order valence-corrected chi connectivity index (χ3v) is 2.28. The van der Waals surface area contributed by atoms with Crippen molar-refractivity contribution in [1.82, 2.24) is 11.1 Å². The molecule has 0 aromatic rings. The van der Waals surface area contributed by atoms with Crippen molar-refractivity contribution in [1.29, 1.82) is 0 Å². The summed E-state index contributed by atoms with van der Waals surface area (Å²) in [7, 11) is 0. The summed E-state index contributed by atoms with van der Waals surface area (Å²) in [6.07, 6.45) is 4.17. The Morgan fingerprint density at radius 2 is 2.18 bits per heavy atom. The molecule has 1 aliphatic rings. The molecule has 2 nitrogen and oxygen atoms in total. The Morgan fingerprint density at radius 1 is 1.45 bits per heavy atom. The molecule has 2 heteroatoms. The van der Waals surface area contributed by atoms with Gasteiger partial charge in [-0.1, -0.05) is 13.8 Å². The van der Waals surface area contributed by atoms with Gasteiger partial charge in [0.05, 0.1) is 0 Å². The second-order valence-corrected chi connectivity index (χ2v) is 3.55. The summed E-state index contributed by atoms with van der Waals surface area (Å²) in [6.45, 7) is 8.62. The van der Waals surface area contributed by atoms with Gasteiger partial charge in [0.15, 0.2) is 0 Å². The molecule has 1 heterocycles. The van der Waals surface area contributed by atoms with Gasteiger partial charge >= 0.3 is 0 Å². The van der Waals surface area contributed by atoms with E-state index in [-0.39, 0.29) is 6.15 Å². The minimum absolute atomic E-state index is 0. The van der Waals surface area contributed by atoms with Gasteiger partial charge in [-0.3, -0.25) is 0 Å². The second kappa shape index (κ2) is 5.56. The molecule has 11 heavy (non-hydrogen) atoms. The van der Waals surface area contributed by atoms with E-state index in [0.717, 1.165) is 5.92 Å². The minimum Gasteiger partial charge on any atom is -0.344 e. The number of hydrogen-bond donors (Lipinski definition) is 1. The van der Waals surface area contributed by atoms with E-state index >= 15 is 0 Å². The topological polar surface area (TPSA) is 38.2 Å². The maximum absolute atomic E-state index is 2.59. The second-order valence-electron chi connectivity index (χ2n) is 3.55. The van der Waals surface area contributed by atoms with Crippen molar-refractivity contribution < 1.29 is 0 Å². The number of piperidine rings is 1. The van der Waals surface area contributed by atoms with E-state index in [2.05, 4.69) is 18.7 Å². The van der Waals surface area contributed by atoms with E-state index in [9.17, 15) is 0 Å². The lowest BCUT2D eigenvalue weighted by Crippen LogP contribution is -2.34. The molecule has 0 spiro atoms. The largest absolute Gasteiger partial charge is 0.344 e. The molecule has 1 rings (SSSR count). The molecule has 3 N–H and O–H groups in total. The molecule has 1 fully saturated rings. The number of nitrogens with zero attached hydrogens (tertiary/aromatic N) is 1. The summed E-state index contributed by atoms with van der Waals surface area (Å²) in [5, 5.41) is 0. The Bertz CT molecular complexity index is 91.6. The molecule has 1 saturated heterocycles. The van der Waals surface area contributed by atoms with E-state index in [1.54, 1.807) is 0 Å². The minimum atomic E-state index is 0. The maximum atomic E-state index is 2.59. The van der Waals surface area contributed by atoms with E-state index in [1.165, 1.54) is 38.9 Å². The standard InChI is InChI=1S/C9H19N.H3N/c1-3-6-10-7-4-5-9(2)8-10;/h9H,3-8H2,1-2H3;1H3. The molecule has 1 atom stereocenters. The lowest BCUT2D eigenvalue weighted by molar-refractivity contribution is 0.184. The molecule has 68 valence electrons. The Kier molecular flexibility index (Phi) is 5.51. The maximum Gasteiger partial charge on any atom is 0.000702 e. The summed E-state index contributed by atoms with van der Waals surface area (Å²) in [6, 6.07) is 0. The predicted octanol–water partition coefficient (Wildman–Crippen LogP) is 2.29. The van der Waals surface area contributed by atoms with Gasteiger partial charge in [0.25, 0.3) is 0 Å². The van der Waals surface area contributed by atoms with Crippen LogP contribution in [0.2, 0.25) is 0 Å². The van der Waals surface area contributed by atoms with Crippen LogP contribution in [0.25, 0.3) is 0 Å². The Balaban J connectivity index is 0.000001000. The molecule has 0 saturated carbocycles. The van der Waals surface area contributed by atoms with Gasteiger partial charge in [0.1, 0.15) is 0 Å². The van der Waals surface area contributed by atoms with Gasteiger partial charge in [-0.15, -0.1) is 0 Å². The first-order valence-corrected chi connectivity index (χ1v) is 4.55. The van der Waals surface area contributed by atoms with Crippen LogP contribution in [0.15, 0.2) is 0 Å². The van der Waals surface area contributed by atoms with Gasteiger partial charge in [-0.05, 0) is 38.3 Å². The highest BCUT2D eigenvalue weighted by Crippen LogP contribution is 2.14. The SMILES string of the molecule is CCCN1CCCC(C)C1.N. The van der Waals surface area contributed by atoms with Crippen LogP contribution in [-0.4, -0.2) is 24.5 Å². The summed E-state index contributed by atoms with van der Waals surface area (Å²) < 4.78 is 0. The van der Waals surface area contributed by atoms with Crippen molar-refractivity contribution >= 4 is 0 Å². The van der Waals surface area contributed by atoms with E-state index < -0.39 is 0 Å². The fraction of sp³-hybridized carbons (Fsp3) is 1.00. The summed E-state index contributed by atoms with van der Waals surface area (Å²) in [5.41, 5.74) is 0. The van der Waals surface area contributed by atoms with E-state index in [0.29, 0.717) is 0 Å². The summed E-state index contributed by atoms with van der Waals surface area (Å²) >= 11 is 0. The lowest BCUT2D eigenvalue weighted by atomic mass is 10.0. The number of hydrogen-bond acceptors (Lipinski definition) is 2. The van der Waals surface area contributed by atoms with Gasteiger partial charge < -0.3 is 11.1 Å². The Labute approximate surface area is 70.5 Å². The van der Waals surface area contributed by atoms with Crippen molar-refractivity contribution in [2.24, 2.45) is 5.92 Å². The van der Waals surface area contributed by atoms with Crippen molar-refractivity contribution in [2.75, 3.05) is 19.6 Å².